The van der Waals surface area contributed by atoms with Crippen molar-refractivity contribution in [1.29, 1.82) is 5.26 Å². The number of amides is 1. The summed E-state index contributed by atoms with van der Waals surface area (Å²) in [6.07, 6.45) is 6.40. The molecule has 29 heavy (non-hydrogen) atoms. The minimum absolute atomic E-state index is 0.0474. The third kappa shape index (κ3) is 4.86. The van der Waals surface area contributed by atoms with Crippen LogP contribution in [0.3, 0.4) is 0 Å². The molecule has 152 valence electrons. The molecular formula is C23H28N4O2. The Morgan fingerprint density at radius 3 is 2.62 bits per heavy atom. The molecule has 1 aromatic carbocycles. The van der Waals surface area contributed by atoms with E-state index in [1.54, 1.807) is 19.4 Å². The summed E-state index contributed by atoms with van der Waals surface area (Å²) in [5.74, 6) is 0.550. The van der Waals surface area contributed by atoms with Gasteiger partial charge in [-0.15, -0.1) is 0 Å². The molecule has 0 atom stereocenters. The maximum Gasteiger partial charge on any atom is 0.253 e. The quantitative estimate of drug-likeness (QED) is 0.811. The van der Waals surface area contributed by atoms with Gasteiger partial charge in [-0.05, 0) is 56.4 Å². The molecule has 6 nitrogen and oxygen atoms in total. The van der Waals surface area contributed by atoms with Gasteiger partial charge in [0.05, 0.1) is 18.2 Å². The number of pyridine rings is 1. The second-order valence-electron chi connectivity index (χ2n) is 7.48. The summed E-state index contributed by atoms with van der Waals surface area (Å²) in [6.45, 7) is 2.05. The fraction of sp³-hybridized carbons (Fsp3) is 0.435. The van der Waals surface area contributed by atoms with Gasteiger partial charge in [0, 0.05) is 42.8 Å². The number of anilines is 1. The van der Waals surface area contributed by atoms with Crippen molar-refractivity contribution in [3.05, 3.63) is 53.3 Å². The van der Waals surface area contributed by atoms with Gasteiger partial charge in [-0.2, -0.15) is 5.26 Å². The largest absolute Gasteiger partial charge is 0.495 e. The van der Waals surface area contributed by atoms with Crippen LogP contribution in [0.4, 0.5) is 5.69 Å². The van der Waals surface area contributed by atoms with E-state index in [9.17, 15) is 4.79 Å². The number of hydrogen-bond donors (Lipinski definition) is 1. The second-order valence-corrected chi connectivity index (χ2v) is 7.48. The first-order chi connectivity index (χ1) is 14.0. The summed E-state index contributed by atoms with van der Waals surface area (Å²) in [6, 6.07) is 12.2. The molecule has 0 unspecified atom stereocenters. The molecule has 1 fully saturated rings. The van der Waals surface area contributed by atoms with Crippen LogP contribution in [-0.4, -0.2) is 37.1 Å². The van der Waals surface area contributed by atoms with Crippen molar-refractivity contribution >= 4 is 11.6 Å². The zero-order chi connectivity index (χ0) is 20.8. The average Bonchev–Trinajstić information content (AvgIpc) is 2.78. The molecule has 2 aromatic rings. The van der Waals surface area contributed by atoms with Gasteiger partial charge in [-0.1, -0.05) is 6.92 Å². The standard InChI is InChI=1S/C23H28N4O2/c1-4-18-7-5-17(15-25-18)23(28)26-19-8-11-20(12-9-19)27(2)21-10-6-16(14-24)22(13-21)29-3/h5-7,10,13,15,19-20H,4,8-9,11-12H2,1-3H3,(H,26,28). The maximum absolute atomic E-state index is 12.5. The van der Waals surface area contributed by atoms with E-state index < -0.39 is 0 Å². The van der Waals surface area contributed by atoms with Crippen LogP contribution in [0.5, 0.6) is 5.75 Å². The van der Waals surface area contributed by atoms with E-state index in [1.165, 1.54) is 0 Å². The normalized spacial score (nSPS) is 18.6. The molecule has 0 aliphatic heterocycles. The number of hydrogen-bond acceptors (Lipinski definition) is 5. The molecule has 1 aliphatic carbocycles. The molecule has 1 saturated carbocycles. The van der Waals surface area contributed by atoms with Gasteiger partial charge in [0.15, 0.2) is 0 Å². The number of benzene rings is 1. The van der Waals surface area contributed by atoms with Crippen molar-refractivity contribution in [2.45, 2.75) is 51.1 Å². The van der Waals surface area contributed by atoms with E-state index in [2.05, 4.69) is 28.3 Å². The number of nitrogens with zero attached hydrogens (tertiary/aromatic N) is 3. The molecule has 6 heteroatoms. The van der Waals surface area contributed by atoms with Gasteiger partial charge in [0.2, 0.25) is 0 Å². The molecular weight excluding hydrogens is 364 g/mol. The Morgan fingerprint density at radius 1 is 1.28 bits per heavy atom. The molecule has 1 N–H and O–H groups in total. The fourth-order valence-corrected chi connectivity index (χ4v) is 3.85. The Balaban J connectivity index is 1.55. The molecule has 1 aliphatic rings. The zero-order valence-electron chi connectivity index (χ0n) is 17.3. The van der Waals surface area contributed by atoms with Crippen molar-refractivity contribution in [2.24, 2.45) is 0 Å². The lowest BCUT2D eigenvalue weighted by Gasteiger charge is -2.36. The zero-order valence-corrected chi connectivity index (χ0v) is 17.3. The summed E-state index contributed by atoms with van der Waals surface area (Å²) in [5.41, 5.74) is 3.18. The highest BCUT2D eigenvalue weighted by Gasteiger charge is 2.26. The molecule has 3 rings (SSSR count). The van der Waals surface area contributed by atoms with E-state index in [0.29, 0.717) is 22.9 Å². The van der Waals surface area contributed by atoms with Gasteiger partial charge in [0.25, 0.3) is 5.91 Å². The first kappa shape index (κ1) is 20.7. The van der Waals surface area contributed by atoms with Crippen LogP contribution < -0.4 is 15.0 Å². The highest BCUT2D eigenvalue weighted by atomic mass is 16.5. The maximum atomic E-state index is 12.5. The number of aryl methyl sites for hydroxylation is 1. The second kappa shape index (κ2) is 9.42. The predicted octanol–water partition coefficient (Wildman–Crippen LogP) is 3.70. The highest BCUT2D eigenvalue weighted by molar-refractivity contribution is 5.94. The predicted molar refractivity (Wildman–Crippen MR) is 113 cm³/mol. The molecule has 1 aromatic heterocycles. The molecule has 1 amide bonds. The number of nitriles is 1. The minimum Gasteiger partial charge on any atom is -0.495 e. The number of methoxy groups -OCH3 is 1. The summed E-state index contributed by atoms with van der Waals surface area (Å²) in [4.78, 5) is 19.0. The number of nitrogens with one attached hydrogen (secondary N) is 1. The number of aromatic nitrogens is 1. The minimum atomic E-state index is -0.0474. The highest BCUT2D eigenvalue weighted by Crippen LogP contribution is 2.30. The Hall–Kier alpha value is -3.07. The van der Waals surface area contributed by atoms with Crippen LogP contribution in [0.1, 0.15) is 54.2 Å². The molecule has 1 heterocycles. The van der Waals surface area contributed by atoms with Crippen LogP contribution in [0.2, 0.25) is 0 Å². The van der Waals surface area contributed by atoms with E-state index in [0.717, 1.165) is 43.5 Å². The lowest BCUT2D eigenvalue weighted by atomic mass is 9.90. The van der Waals surface area contributed by atoms with E-state index in [1.807, 2.05) is 31.2 Å². The van der Waals surface area contributed by atoms with Crippen LogP contribution in [0.25, 0.3) is 0 Å². The fourth-order valence-electron chi connectivity index (χ4n) is 3.85. The first-order valence-corrected chi connectivity index (χ1v) is 10.1. The van der Waals surface area contributed by atoms with Crippen molar-refractivity contribution < 1.29 is 9.53 Å². The lowest BCUT2D eigenvalue weighted by Crippen LogP contribution is -2.43. The Bertz CT molecular complexity index is 881. The van der Waals surface area contributed by atoms with E-state index in [4.69, 9.17) is 10.00 Å². The van der Waals surface area contributed by atoms with E-state index >= 15 is 0 Å². The van der Waals surface area contributed by atoms with Crippen molar-refractivity contribution in [3.63, 3.8) is 0 Å². The molecule has 0 saturated heterocycles. The van der Waals surface area contributed by atoms with Crippen molar-refractivity contribution in [2.75, 3.05) is 19.1 Å². The van der Waals surface area contributed by atoms with E-state index in [-0.39, 0.29) is 11.9 Å². The smallest absolute Gasteiger partial charge is 0.253 e. The topological polar surface area (TPSA) is 78.2 Å². The summed E-state index contributed by atoms with van der Waals surface area (Å²) in [5, 5.41) is 12.3. The third-order valence-electron chi connectivity index (χ3n) is 5.74. The van der Waals surface area contributed by atoms with Gasteiger partial charge in [0.1, 0.15) is 11.8 Å². The monoisotopic (exact) mass is 392 g/mol. The first-order valence-electron chi connectivity index (χ1n) is 10.1. The SMILES string of the molecule is CCc1ccc(C(=O)NC2CCC(N(C)c3ccc(C#N)c(OC)c3)CC2)cn1. The average molecular weight is 393 g/mol. The van der Waals surface area contributed by atoms with Crippen LogP contribution in [0.15, 0.2) is 36.5 Å². The van der Waals surface area contributed by atoms with Gasteiger partial charge in [-0.3, -0.25) is 9.78 Å². The Morgan fingerprint density at radius 2 is 2.03 bits per heavy atom. The third-order valence-corrected chi connectivity index (χ3v) is 5.74. The Kier molecular flexibility index (Phi) is 6.71. The van der Waals surface area contributed by atoms with Crippen LogP contribution in [0, 0.1) is 11.3 Å². The number of ether oxygens (including phenoxy) is 1. The lowest BCUT2D eigenvalue weighted by molar-refractivity contribution is 0.0925. The summed E-state index contributed by atoms with van der Waals surface area (Å²) >= 11 is 0. The van der Waals surface area contributed by atoms with Crippen molar-refractivity contribution in [1.82, 2.24) is 10.3 Å². The van der Waals surface area contributed by atoms with Crippen molar-refractivity contribution in [3.8, 4) is 11.8 Å². The molecule has 0 spiro atoms. The van der Waals surface area contributed by atoms with Gasteiger partial charge >= 0.3 is 0 Å². The van der Waals surface area contributed by atoms with Gasteiger partial charge in [-0.25, -0.2) is 0 Å². The summed E-state index contributed by atoms with van der Waals surface area (Å²) < 4.78 is 5.33. The van der Waals surface area contributed by atoms with Gasteiger partial charge < -0.3 is 15.0 Å². The molecule has 0 radical (unpaired) electrons. The van der Waals surface area contributed by atoms with Crippen LogP contribution in [-0.2, 0) is 6.42 Å². The summed E-state index contributed by atoms with van der Waals surface area (Å²) in [7, 11) is 3.66. The Labute approximate surface area is 172 Å². The number of carbonyl (C=O) groups excluding carboxylic acids is 1. The molecule has 0 bridgehead atoms. The number of carbonyl (C=O) groups is 1. The number of rotatable bonds is 6. The van der Waals surface area contributed by atoms with Crippen LogP contribution >= 0.6 is 0 Å².